The largest absolute Gasteiger partial charge is 0.497 e. The molecule has 5 nitrogen and oxygen atoms in total. The van der Waals surface area contributed by atoms with Crippen LogP contribution in [0.3, 0.4) is 0 Å². The molecule has 0 spiro atoms. The predicted molar refractivity (Wildman–Crippen MR) is 90.7 cm³/mol. The van der Waals surface area contributed by atoms with Gasteiger partial charge in [-0.15, -0.1) is 0 Å². The van der Waals surface area contributed by atoms with Crippen molar-refractivity contribution in [3.8, 4) is 5.75 Å². The molecule has 0 radical (unpaired) electrons. The molecule has 1 aromatic heterocycles. The summed E-state index contributed by atoms with van der Waals surface area (Å²) in [6, 6.07) is 7.56. The fourth-order valence-electron chi connectivity index (χ4n) is 3.01. The second-order valence-corrected chi connectivity index (χ2v) is 5.78. The third-order valence-electron chi connectivity index (χ3n) is 4.23. The number of hydrogen-bond acceptors (Lipinski definition) is 3. The second-order valence-electron chi connectivity index (χ2n) is 5.78. The van der Waals surface area contributed by atoms with Crippen LogP contribution in [0.15, 0.2) is 36.4 Å². The summed E-state index contributed by atoms with van der Waals surface area (Å²) >= 11 is 0. The van der Waals surface area contributed by atoms with Gasteiger partial charge < -0.3 is 9.84 Å². The van der Waals surface area contributed by atoms with Crippen molar-refractivity contribution in [3.05, 3.63) is 64.9 Å². The highest BCUT2D eigenvalue weighted by atomic mass is 19.1. The topological polar surface area (TPSA) is 68.5 Å². The number of carboxylic acid groups (broad SMARTS) is 1. The Hall–Kier alpha value is -3.22. The predicted octanol–water partition coefficient (Wildman–Crippen LogP) is 3.55. The van der Waals surface area contributed by atoms with E-state index in [1.54, 1.807) is 25.1 Å². The highest BCUT2D eigenvalue weighted by molar-refractivity contribution is 6.05. The lowest BCUT2D eigenvalue weighted by molar-refractivity contribution is -0.136. The average molecular weight is 359 g/mol. The van der Waals surface area contributed by atoms with Crippen LogP contribution in [0.2, 0.25) is 0 Å². The molecule has 0 aliphatic carbocycles. The van der Waals surface area contributed by atoms with Gasteiger partial charge in [0.25, 0.3) is 5.91 Å². The van der Waals surface area contributed by atoms with Crippen LogP contribution < -0.4 is 4.74 Å². The molecule has 0 fully saturated rings. The first-order valence-electron chi connectivity index (χ1n) is 7.73. The van der Waals surface area contributed by atoms with Crippen LogP contribution in [0.1, 0.15) is 21.6 Å². The van der Waals surface area contributed by atoms with E-state index in [4.69, 9.17) is 4.74 Å². The Balaban J connectivity index is 2.26. The first-order valence-corrected chi connectivity index (χ1v) is 7.73. The number of carbonyl (C=O) groups excluding carboxylic acids is 1. The molecule has 0 unspecified atom stereocenters. The van der Waals surface area contributed by atoms with Gasteiger partial charge in [-0.3, -0.25) is 14.2 Å². The summed E-state index contributed by atoms with van der Waals surface area (Å²) in [6.45, 7) is 1.59. The molecule has 0 bridgehead atoms. The van der Waals surface area contributed by atoms with Crippen molar-refractivity contribution in [2.75, 3.05) is 7.11 Å². The molecule has 3 aromatic rings. The molecule has 0 atom stereocenters. The number of carbonyl (C=O) groups is 2. The van der Waals surface area contributed by atoms with E-state index in [-0.39, 0.29) is 12.0 Å². The summed E-state index contributed by atoms with van der Waals surface area (Å²) in [5.74, 6) is -3.03. The van der Waals surface area contributed by atoms with E-state index in [2.05, 4.69) is 0 Å². The highest BCUT2D eigenvalue weighted by Crippen LogP contribution is 2.31. The summed E-state index contributed by atoms with van der Waals surface area (Å²) in [5, 5.41) is 9.72. The third kappa shape index (κ3) is 2.92. The smallest absolute Gasteiger partial charge is 0.307 e. The number of halogens is 2. The zero-order chi connectivity index (χ0) is 19.0. The van der Waals surface area contributed by atoms with E-state index in [9.17, 15) is 23.5 Å². The lowest BCUT2D eigenvalue weighted by atomic mass is 10.1. The number of hydrogen-bond donors (Lipinski definition) is 1. The van der Waals surface area contributed by atoms with E-state index in [1.807, 2.05) is 0 Å². The summed E-state index contributed by atoms with van der Waals surface area (Å²) in [5.41, 5.74) is 0.934. The van der Waals surface area contributed by atoms with Crippen molar-refractivity contribution < 1.29 is 28.2 Å². The maximum Gasteiger partial charge on any atom is 0.307 e. The first kappa shape index (κ1) is 17.6. The summed E-state index contributed by atoms with van der Waals surface area (Å²) in [6.07, 6.45) is -0.304. The van der Waals surface area contributed by atoms with Crippen molar-refractivity contribution in [1.29, 1.82) is 0 Å². The highest BCUT2D eigenvalue weighted by Gasteiger charge is 2.23. The SMILES string of the molecule is COc1ccc2c(c1)c(CC(=O)O)c(C)n2C(=O)c1ccc(F)cc1F. The zero-order valence-corrected chi connectivity index (χ0v) is 14.0. The van der Waals surface area contributed by atoms with Crippen LogP contribution >= 0.6 is 0 Å². The fourth-order valence-corrected chi connectivity index (χ4v) is 3.01. The summed E-state index contributed by atoms with van der Waals surface area (Å²) in [4.78, 5) is 24.1. The molecule has 1 heterocycles. The second kappa shape index (κ2) is 6.59. The molecule has 0 aliphatic heterocycles. The minimum Gasteiger partial charge on any atom is -0.497 e. The van der Waals surface area contributed by atoms with Crippen molar-refractivity contribution in [3.63, 3.8) is 0 Å². The number of fused-ring (bicyclic) bond motifs is 1. The minimum atomic E-state index is -1.06. The molecular weight excluding hydrogens is 344 g/mol. The van der Waals surface area contributed by atoms with Crippen LogP contribution in [0.25, 0.3) is 10.9 Å². The molecule has 0 amide bonds. The van der Waals surface area contributed by atoms with Crippen molar-refractivity contribution in [2.45, 2.75) is 13.3 Å². The van der Waals surface area contributed by atoms with E-state index in [0.717, 1.165) is 12.1 Å². The average Bonchev–Trinajstić information content (AvgIpc) is 2.85. The van der Waals surface area contributed by atoms with Gasteiger partial charge in [0.15, 0.2) is 0 Å². The van der Waals surface area contributed by atoms with Gasteiger partial charge in [-0.1, -0.05) is 0 Å². The molecule has 0 saturated carbocycles. The molecule has 0 aliphatic rings. The van der Waals surface area contributed by atoms with Gasteiger partial charge in [0.05, 0.1) is 24.6 Å². The van der Waals surface area contributed by atoms with Gasteiger partial charge in [0, 0.05) is 17.1 Å². The van der Waals surface area contributed by atoms with Gasteiger partial charge in [-0.05, 0) is 42.8 Å². The number of aromatic nitrogens is 1. The van der Waals surface area contributed by atoms with E-state index in [0.29, 0.717) is 34.0 Å². The number of nitrogens with zero attached hydrogens (tertiary/aromatic N) is 1. The van der Waals surface area contributed by atoms with Gasteiger partial charge in [-0.2, -0.15) is 0 Å². The van der Waals surface area contributed by atoms with Gasteiger partial charge in [-0.25, -0.2) is 8.78 Å². The molecule has 3 rings (SSSR count). The Morgan fingerprint density at radius 3 is 2.50 bits per heavy atom. The standard InChI is InChI=1S/C19H15F2NO4/c1-10-14(9-18(23)24)15-8-12(26-2)4-6-17(15)22(10)19(25)13-5-3-11(20)7-16(13)21/h3-8H,9H2,1-2H3,(H,23,24). The number of benzene rings is 2. The molecule has 2 aromatic carbocycles. The summed E-state index contributed by atoms with van der Waals surface area (Å²) < 4.78 is 33.6. The quantitative estimate of drug-likeness (QED) is 0.773. The lowest BCUT2D eigenvalue weighted by Crippen LogP contribution is -2.16. The van der Waals surface area contributed by atoms with Crippen LogP contribution in [-0.4, -0.2) is 28.7 Å². The number of ether oxygens (including phenoxy) is 1. The fraction of sp³-hybridized carbons (Fsp3) is 0.158. The maximum atomic E-state index is 14.1. The molecule has 134 valence electrons. The Labute approximate surface area is 147 Å². The Morgan fingerprint density at radius 2 is 1.88 bits per heavy atom. The van der Waals surface area contributed by atoms with E-state index >= 15 is 0 Å². The minimum absolute atomic E-state index is 0.302. The molecule has 0 saturated heterocycles. The van der Waals surface area contributed by atoms with Crippen molar-refractivity contribution >= 4 is 22.8 Å². The molecule has 1 N–H and O–H groups in total. The Morgan fingerprint density at radius 1 is 1.15 bits per heavy atom. The Bertz CT molecular complexity index is 1040. The van der Waals surface area contributed by atoms with Crippen LogP contribution in [0, 0.1) is 18.6 Å². The number of methoxy groups -OCH3 is 1. The molecule has 7 heteroatoms. The first-order chi connectivity index (χ1) is 12.3. The van der Waals surface area contributed by atoms with E-state index in [1.165, 1.54) is 11.7 Å². The normalized spacial score (nSPS) is 10.9. The zero-order valence-electron chi connectivity index (χ0n) is 14.0. The lowest BCUT2D eigenvalue weighted by Gasteiger charge is -2.08. The monoisotopic (exact) mass is 359 g/mol. The van der Waals surface area contributed by atoms with Crippen LogP contribution in [-0.2, 0) is 11.2 Å². The third-order valence-corrected chi connectivity index (χ3v) is 4.23. The van der Waals surface area contributed by atoms with Crippen molar-refractivity contribution in [2.24, 2.45) is 0 Å². The Kier molecular flexibility index (Phi) is 4.46. The molecular formula is C19H15F2NO4. The number of carboxylic acids is 1. The van der Waals surface area contributed by atoms with Crippen LogP contribution in [0.5, 0.6) is 5.75 Å². The van der Waals surface area contributed by atoms with Crippen LogP contribution in [0.4, 0.5) is 8.78 Å². The van der Waals surface area contributed by atoms with E-state index < -0.39 is 23.5 Å². The van der Waals surface area contributed by atoms with Gasteiger partial charge >= 0.3 is 5.97 Å². The summed E-state index contributed by atoms with van der Waals surface area (Å²) in [7, 11) is 1.47. The number of aliphatic carboxylic acids is 1. The van der Waals surface area contributed by atoms with Gasteiger partial charge in [0.1, 0.15) is 17.4 Å². The molecule has 26 heavy (non-hydrogen) atoms. The van der Waals surface area contributed by atoms with Crippen molar-refractivity contribution in [1.82, 2.24) is 4.57 Å². The van der Waals surface area contributed by atoms with Gasteiger partial charge in [0.2, 0.25) is 0 Å². The maximum absolute atomic E-state index is 14.1. The number of rotatable bonds is 4.